The monoisotopic (exact) mass is 264 g/mol. The van der Waals surface area contributed by atoms with E-state index in [1.54, 1.807) is 13.0 Å². The molecule has 1 aliphatic rings. The third-order valence-corrected chi connectivity index (χ3v) is 4.13. The van der Waals surface area contributed by atoms with Crippen LogP contribution in [0.3, 0.4) is 0 Å². The van der Waals surface area contributed by atoms with E-state index in [0.717, 1.165) is 5.56 Å². The molecule has 2 nitrogen and oxygen atoms in total. The fourth-order valence-corrected chi connectivity index (χ4v) is 2.86. The van der Waals surface area contributed by atoms with Gasteiger partial charge in [-0.25, -0.2) is 4.39 Å². The molecule has 1 aromatic carbocycles. The predicted octanol–water partition coefficient (Wildman–Crippen LogP) is 3.45. The third kappa shape index (κ3) is 4.02. The van der Waals surface area contributed by atoms with E-state index < -0.39 is 0 Å². The molecule has 0 saturated heterocycles. The fraction of sp³-hybridized carbons (Fsp3) is 0.625. The molecule has 3 heteroatoms. The topological polar surface area (TPSA) is 38.0 Å². The summed E-state index contributed by atoms with van der Waals surface area (Å²) >= 11 is 0. The Morgan fingerprint density at radius 3 is 2.53 bits per heavy atom. The SMILES string of the molecule is Cc1ccc(C(CN)NC2CCCCCC2)cc1F. The van der Waals surface area contributed by atoms with Gasteiger partial charge < -0.3 is 11.1 Å². The van der Waals surface area contributed by atoms with Crippen LogP contribution >= 0.6 is 0 Å². The van der Waals surface area contributed by atoms with Crippen LogP contribution in [-0.2, 0) is 0 Å². The minimum absolute atomic E-state index is 0.0678. The maximum atomic E-state index is 13.7. The van der Waals surface area contributed by atoms with Crippen LogP contribution in [0.1, 0.15) is 55.7 Å². The Kier molecular flexibility index (Phi) is 5.34. The van der Waals surface area contributed by atoms with Crippen molar-refractivity contribution in [1.29, 1.82) is 0 Å². The summed E-state index contributed by atoms with van der Waals surface area (Å²) in [7, 11) is 0. The van der Waals surface area contributed by atoms with Crippen molar-refractivity contribution < 1.29 is 4.39 Å². The Hall–Kier alpha value is -0.930. The summed E-state index contributed by atoms with van der Waals surface area (Å²) in [5.41, 5.74) is 7.52. The van der Waals surface area contributed by atoms with Crippen molar-refractivity contribution in [1.82, 2.24) is 5.32 Å². The van der Waals surface area contributed by atoms with Crippen molar-refractivity contribution in [3.05, 3.63) is 35.1 Å². The average molecular weight is 264 g/mol. The molecule has 1 saturated carbocycles. The molecular weight excluding hydrogens is 239 g/mol. The summed E-state index contributed by atoms with van der Waals surface area (Å²) in [5.74, 6) is -0.140. The second-order valence-electron chi connectivity index (χ2n) is 5.65. The normalized spacial score (nSPS) is 19.1. The lowest BCUT2D eigenvalue weighted by Crippen LogP contribution is -2.36. The van der Waals surface area contributed by atoms with Gasteiger partial charge in [0.25, 0.3) is 0 Å². The number of hydrogen-bond acceptors (Lipinski definition) is 2. The van der Waals surface area contributed by atoms with Crippen LogP contribution in [0.2, 0.25) is 0 Å². The number of benzene rings is 1. The summed E-state index contributed by atoms with van der Waals surface area (Å²) in [6.07, 6.45) is 7.68. The van der Waals surface area contributed by atoms with E-state index in [0.29, 0.717) is 18.2 Å². The molecule has 1 atom stereocenters. The van der Waals surface area contributed by atoms with Crippen molar-refractivity contribution in [2.24, 2.45) is 5.73 Å². The van der Waals surface area contributed by atoms with Crippen LogP contribution in [0.4, 0.5) is 4.39 Å². The number of rotatable bonds is 4. The largest absolute Gasteiger partial charge is 0.329 e. The van der Waals surface area contributed by atoms with Gasteiger partial charge in [0.2, 0.25) is 0 Å². The van der Waals surface area contributed by atoms with E-state index in [1.807, 2.05) is 12.1 Å². The minimum atomic E-state index is -0.140. The van der Waals surface area contributed by atoms with E-state index in [-0.39, 0.29) is 11.9 Å². The lowest BCUT2D eigenvalue weighted by atomic mass is 10.0. The van der Waals surface area contributed by atoms with Crippen molar-refractivity contribution in [2.75, 3.05) is 6.54 Å². The van der Waals surface area contributed by atoms with E-state index in [2.05, 4.69) is 5.32 Å². The highest BCUT2D eigenvalue weighted by Gasteiger charge is 2.18. The van der Waals surface area contributed by atoms with Gasteiger partial charge in [0.15, 0.2) is 0 Å². The number of aryl methyl sites for hydroxylation is 1. The zero-order chi connectivity index (χ0) is 13.7. The molecule has 0 aromatic heterocycles. The molecule has 3 N–H and O–H groups in total. The van der Waals surface area contributed by atoms with Crippen LogP contribution in [-0.4, -0.2) is 12.6 Å². The van der Waals surface area contributed by atoms with Gasteiger partial charge in [-0.1, -0.05) is 37.8 Å². The molecule has 1 aromatic rings. The summed E-state index contributed by atoms with van der Waals surface area (Å²) in [4.78, 5) is 0. The average Bonchev–Trinajstić information content (AvgIpc) is 2.68. The first-order valence-electron chi connectivity index (χ1n) is 7.43. The highest BCUT2D eigenvalue weighted by molar-refractivity contribution is 5.26. The molecule has 0 spiro atoms. The molecular formula is C16H25FN2. The van der Waals surface area contributed by atoms with Crippen LogP contribution < -0.4 is 11.1 Å². The lowest BCUT2D eigenvalue weighted by Gasteiger charge is -2.24. The highest BCUT2D eigenvalue weighted by Crippen LogP contribution is 2.22. The molecule has 0 bridgehead atoms. The van der Waals surface area contributed by atoms with Crippen molar-refractivity contribution >= 4 is 0 Å². The molecule has 1 unspecified atom stereocenters. The molecule has 0 aliphatic heterocycles. The molecule has 106 valence electrons. The van der Waals surface area contributed by atoms with Crippen molar-refractivity contribution in [3.8, 4) is 0 Å². The van der Waals surface area contributed by atoms with Gasteiger partial charge in [-0.2, -0.15) is 0 Å². The number of nitrogens with one attached hydrogen (secondary N) is 1. The number of hydrogen-bond donors (Lipinski definition) is 2. The van der Waals surface area contributed by atoms with Crippen LogP contribution in [0.5, 0.6) is 0 Å². The van der Waals surface area contributed by atoms with Crippen LogP contribution in [0, 0.1) is 12.7 Å². The maximum Gasteiger partial charge on any atom is 0.126 e. The molecule has 19 heavy (non-hydrogen) atoms. The van der Waals surface area contributed by atoms with Gasteiger partial charge in [0, 0.05) is 18.6 Å². The lowest BCUT2D eigenvalue weighted by molar-refractivity contribution is 0.401. The van der Waals surface area contributed by atoms with E-state index in [4.69, 9.17) is 5.73 Å². The van der Waals surface area contributed by atoms with E-state index >= 15 is 0 Å². The first kappa shape index (κ1) is 14.5. The highest BCUT2D eigenvalue weighted by atomic mass is 19.1. The summed E-state index contributed by atoms with van der Waals surface area (Å²) in [5, 5.41) is 3.62. The quantitative estimate of drug-likeness (QED) is 0.817. The maximum absolute atomic E-state index is 13.7. The number of halogens is 1. The molecule has 0 heterocycles. The van der Waals surface area contributed by atoms with Crippen molar-refractivity contribution in [2.45, 2.75) is 57.5 Å². The van der Waals surface area contributed by atoms with Crippen molar-refractivity contribution in [3.63, 3.8) is 0 Å². The second-order valence-corrected chi connectivity index (χ2v) is 5.65. The van der Waals surface area contributed by atoms with Gasteiger partial charge in [0.1, 0.15) is 5.82 Å². The summed E-state index contributed by atoms with van der Waals surface area (Å²) < 4.78 is 13.7. The molecule has 1 fully saturated rings. The first-order chi connectivity index (χ1) is 9.20. The standard InChI is InChI=1S/C16H25FN2/c1-12-8-9-13(10-15(12)17)16(11-18)19-14-6-4-2-3-5-7-14/h8-10,14,16,19H,2-7,11,18H2,1H3. The fourth-order valence-electron chi connectivity index (χ4n) is 2.86. The Balaban J connectivity index is 2.03. The van der Waals surface area contributed by atoms with Gasteiger partial charge in [-0.05, 0) is 37.0 Å². The minimum Gasteiger partial charge on any atom is -0.329 e. The molecule has 1 aliphatic carbocycles. The van der Waals surface area contributed by atoms with Gasteiger partial charge >= 0.3 is 0 Å². The Bertz CT molecular complexity index is 398. The van der Waals surface area contributed by atoms with E-state index in [1.165, 1.54) is 38.5 Å². The Morgan fingerprint density at radius 2 is 1.95 bits per heavy atom. The first-order valence-corrected chi connectivity index (χ1v) is 7.43. The Morgan fingerprint density at radius 1 is 1.26 bits per heavy atom. The van der Waals surface area contributed by atoms with Crippen LogP contribution in [0.15, 0.2) is 18.2 Å². The summed E-state index contributed by atoms with van der Waals surface area (Å²) in [6.45, 7) is 2.30. The summed E-state index contributed by atoms with van der Waals surface area (Å²) in [6, 6.07) is 6.04. The molecule has 0 radical (unpaired) electrons. The number of nitrogens with two attached hydrogens (primary N) is 1. The second kappa shape index (κ2) is 7.01. The van der Waals surface area contributed by atoms with Gasteiger partial charge in [-0.3, -0.25) is 0 Å². The third-order valence-electron chi connectivity index (χ3n) is 4.13. The van der Waals surface area contributed by atoms with E-state index in [9.17, 15) is 4.39 Å². The van der Waals surface area contributed by atoms with Crippen LogP contribution in [0.25, 0.3) is 0 Å². The van der Waals surface area contributed by atoms with Gasteiger partial charge in [0.05, 0.1) is 0 Å². The smallest absolute Gasteiger partial charge is 0.126 e. The molecule has 0 amide bonds. The van der Waals surface area contributed by atoms with Gasteiger partial charge in [-0.15, -0.1) is 0 Å². The zero-order valence-electron chi connectivity index (χ0n) is 11.8. The zero-order valence-corrected chi connectivity index (χ0v) is 11.8. The molecule has 2 rings (SSSR count). The predicted molar refractivity (Wildman–Crippen MR) is 77.6 cm³/mol. The Labute approximate surface area is 115 Å².